The number of fused-ring (bicyclic) bond motifs is 1. The van der Waals surface area contributed by atoms with E-state index in [1.54, 1.807) is 19.1 Å². The van der Waals surface area contributed by atoms with Crippen molar-refractivity contribution in [2.24, 2.45) is 0 Å². The summed E-state index contributed by atoms with van der Waals surface area (Å²) in [6.07, 6.45) is 0.228. The molecule has 0 aliphatic carbocycles. The lowest BCUT2D eigenvalue weighted by atomic mass is 10.0. The van der Waals surface area contributed by atoms with Crippen LogP contribution in [0.3, 0.4) is 0 Å². The van der Waals surface area contributed by atoms with E-state index in [9.17, 15) is 9.50 Å². The standard InChI is InChI=1S/C18H21FN4O2S/c1-10-8-22(9-11(2)25-10)15(13-4-6-14(19)7-5-13)16-17(24)23-18(26-16)20-12(3)21-23/h4-7,10-11,15,24H,8-9H2,1-3H3/p+1/t10-,11-,15+/m1/s1. The molecule has 0 spiro atoms. The van der Waals surface area contributed by atoms with Crippen LogP contribution in [0, 0.1) is 12.7 Å². The fourth-order valence-corrected chi connectivity index (χ4v) is 5.00. The van der Waals surface area contributed by atoms with Crippen LogP contribution in [0.15, 0.2) is 24.3 Å². The number of nitrogens with one attached hydrogen (secondary N) is 1. The Morgan fingerprint density at radius 3 is 2.54 bits per heavy atom. The van der Waals surface area contributed by atoms with Crippen molar-refractivity contribution in [2.45, 2.75) is 39.0 Å². The van der Waals surface area contributed by atoms with Gasteiger partial charge in [0, 0.05) is 5.56 Å². The predicted molar refractivity (Wildman–Crippen MR) is 96.2 cm³/mol. The van der Waals surface area contributed by atoms with Gasteiger partial charge in [0.05, 0.1) is 0 Å². The number of thiazole rings is 1. The first-order chi connectivity index (χ1) is 12.4. The third-order valence-corrected chi connectivity index (χ3v) is 5.83. The minimum absolute atomic E-state index is 0.110. The fraction of sp³-hybridized carbons (Fsp3) is 0.444. The highest BCUT2D eigenvalue weighted by Crippen LogP contribution is 2.35. The number of aromatic hydroxyl groups is 1. The summed E-state index contributed by atoms with van der Waals surface area (Å²) in [7, 11) is 0. The van der Waals surface area contributed by atoms with Crippen LogP contribution in [0.4, 0.5) is 4.39 Å². The molecule has 0 unspecified atom stereocenters. The van der Waals surface area contributed by atoms with E-state index in [4.69, 9.17) is 4.74 Å². The van der Waals surface area contributed by atoms with Gasteiger partial charge < -0.3 is 14.7 Å². The Morgan fingerprint density at radius 2 is 1.92 bits per heavy atom. The molecule has 26 heavy (non-hydrogen) atoms. The van der Waals surface area contributed by atoms with Gasteiger partial charge in [-0.15, -0.1) is 5.10 Å². The summed E-state index contributed by atoms with van der Waals surface area (Å²) in [4.78, 5) is 7.11. The van der Waals surface area contributed by atoms with Gasteiger partial charge in [-0.25, -0.2) is 9.37 Å². The van der Waals surface area contributed by atoms with Gasteiger partial charge in [-0.3, -0.25) is 0 Å². The van der Waals surface area contributed by atoms with Gasteiger partial charge in [-0.2, -0.15) is 4.52 Å². The highest BCUT2D eigenvalue weighted by molar-refractivity contribution is 7.17. The van der Waals surface area contributed by atoms with Gasteiger partial charge in [0.2, 0.25) is 10.8 Å². The zero-order chi connectivity index (χ0) is 18.4. The first-order valence-corrected chi connectivity index (χ1v) is 9.54. The van der Waals surface area contributed by atoms with Crippen molar-refractivity contribution >= 4 is 16.3 Å². The Morgan fingerprint density at radius 1 is 1.27 bits per heavy atom. The normalized spacial score (nSPS) is 24.8. The largest absolute Gasteiger partial charge is 0.492 e. The van der Waals surface area contributed by atoms with E-state index in [2.05, 4.69) is 23.9 Å². The van der Waals surface area contributed by atoms with Gasteiger partial charge in [-0.05, 0) is 45.0 Å². The van der Waals surface area contributed by atoms with Crippen LogP contribution >= 0.6 is 11.3 Å². The number of hydrogen-bond donors (Lipinski definition) is 2. The highest BCUT2D eigenvalue weighted by atomic mass is 32.1. The van der Waals surface area contributed by atoms with Crippen LogP contribution in [0.25, 0.3) is 4.96 Å². The van der Waals surface area contributed by atoms with E-state index in [-0.39, 0.29) is 29.9 Å². The molecule has 2 N–H and O–H groups in total. The minimum Gasteiger partial charge on any atom is -0.492 e. The zero-order valence-corrected chi connectivity index (χ0v) is 15.8. The maximum absolute atomic E-state index is 13.5. The Hall–Kier alpha value is -2.03. The number of benzene rings is 1. The molecular weight excluding hydrogens is 355 g/mol. The number of rotatable bonds is 3. The second-order valence-corrected chi connectivity index (χ2v) is 7.96. The maximum atomic E-state index is 13.5. The summed E-state index contributed by atoms with van der Waals surface area (Å²) in [6, 6.07) is 6.38. The van der Waals surface area contributed by atoms with Crippen molar-refractivity contribution < 1.29 is 19.1 Å². The highest BCUT2D eigenvalue weighted by Gasteiger charge is 2.37. The average Bonchev–Trinajstić information content (AvgIpc) is 3.07. The monoisotopic (exact) mass is 377 g/mol. The third kappa shape index (κ3) is 3.08. The van der Waals surface area contributed by atoms with Gasteiger partial charge >= 0.3 is 0 Å². The summed E-state index contributed by atoms with van der Waals surface area (Å²) in [6.45, 7) is 7.52. The Labute approximate surface area is 154 Å². The lowest BCUT2D eigenvalue weighted by molar-refractivity contribution is -0.939. The minimum atomic E-state index is -0.270. The van der Waals surface area contributed by atoms with Crippen LogP contribution in [0.1, 0.15) is 36.2 Å². The summed E-state index contributed by atoms with van der Waals surface area (Å²) < 4.78 is 20.8. The van der Waals surface area contributed by atoms with Crippen LogP contribution in [-0.2, 0) is 4.74 Å². The van der Waals surface area contributed by atoms with Crippen LogP contribution in [0.5, 0.6) is 5.88 Å². The molecule has 4 rings (SSSR count). The SMILES string of the molecule is Cc1nc2sc([C@H](c3ccc(F)cc3)[NH+]3C[C@@H](C)O[C@H](C)C3)c(O)n2n1. The van der Waals surface area contributed by atoms with Crippen molar-refractivity contribution in [3.05, 3.63) is 46.3 Å². The smallest absolute Gasteiger partial charge is 0.235 e. The quantitative estimate of drug-likeness (QED) is 0.730. The summed E-state index contributed by atoms with van der Waals surface area (Å²) in [5, 5.41) is 15.1. The van der Waals surface area contributed by atoms with Crippen LogP contribution < -0.4 is 4.90 Å². The van der Waals surface area contributed by atoms with Gasteiger partial charge in [-0.1, -0.05) is 11.3 Å². The van der Waals surface area contributed by atoms with Crippen molar-refractivity contribution in [2.75, 3.05) is 13.1 Å². The topological polar surface area (TPSA) is 64.1 Å². The van der Waals surface area contributed by atoms with E-state index in [0.717, 1.165) is 23.5 Å². The number of ether oxygens (including phenoxy) is 1. The second-order valence-electron chi connectivity index (χ2n) is 6.95. The fourth-order valence-electron chi connectivity index (χ4n) is 3.81. The number of aryl methyl sites for hydroxylation is 1. The van der Waals surface area contributed by atoms with Crippen LogP contribution in [-0.4, -0.2) is 45.0 Å². The molecule has 0 amide bonds. The second kappa shape index (κ2) is 6.61. The van der Waals surface area contributed by atoms with Gasteiger partial charge in [0.1, 0.15) is 41.8 Å². The molecule has 8 heteroatoms. The van der Waals surface area contributed by atoms with Crippen molar-refractivity contribution in [3.8, 4) is 5.88 Å². The van der Waals surface area contributed by atoms with Crippen LogP contribution in [0.2, 0.25) is 0 Å². The number of hydrogen-bond acceptors (Lipinski definition) is 5. The lowest BCUT2D eigenvalue weighted by Crippen LogP contribution is -3.15. The Bertz CT molecular complexity index is 913. The first kappa shape index (κ1) is 17.4. The molecule has 0 radical (unpaired) electrons. The predicted octanol–water partition coefficient (Wildman–Crippen LogP) is 1.73. The molecule has 1 fully saturated rings. The van der Waals surface area contributed by atoms with E-state index in [0.29, 0.717) is 10.8 Å². The molecule has 0 bridgehead atoms. The molecule has 138 valence electrons. The molecule has 3 atom stereocenters. The Balaban J connectivity index is 1.82. The third-order valence-electron chi connectivity index (χ3n) is 4.74. The molecule has 3 aromatic rings. The van der Waals surface area contributed by atoms with E-state index < -0.39 is 0 Å². The van der Waals surface area contributed by atoms with Gasteiger partial charge in [0.25, 0.3) is 0 Å². The van der Waals surface area contributed by atoms with E-state index in [1.807, 2.05) is 0 Å². The maximum Gasteiger partial charge on any atom is 0.235 e. The summed E-state index contributed by atoms with van der Waals surface area (Å²) in [5.41, 5.74) is 0.958. The van der Waals surface area contributed by atoms with Crippen molar-refractivity contribution in [1.82, 2.24) is 14.6 Å². The zero-order valence-electron chi connectivity index (χ0n) is 14.9. The molecule has 0 saturated carbocycles. The number of morpholine rings is 1. The molecular formula is C18H22FN4O2S+. The molecule has 3 heterocycles. The van der Waals surface area contributed by atoms with E-state index in [1.165, 1.54) is 32.9 Å². The molecule has 6 nitrogen and oxygen atoms in total. The molecule has 1 saturated heterocycles. The molecule has 1 aromatic carbocycles. The van der Waals surface area contributed by atoms with E-state index >= 15 is 0 Å². The first-order valence-electron chi connectivity index (χ1n) is 8.73. The lowest BCUT2D eigenvalue weighted by Gasteiger charge is -2.37. The summed E-state index contributed by atoms with van der Waals surface area (Å²) in [5.74, 6) is 0.463. The Kier molecular flexibility index (Phi) is 4.42. The molecule has 1 aliphatic rings. The van der Waals surface area contributed by atoms with Gasteiger partial charge in [0.15, 0.2) is 6.04 Å². The van der Waals surface area contributed by atoms with Crippen molar-refractivity contribution in [3.63, 3.8) is 0 Å². The van der Waals surface area contributed by atoms with Crippen molar-refractivity contribution in [1.29, 1.82) is 0 Å². The number of aromatic nitrogens is 3. The molecule has 2 aromatic heterocycles. The molecule has 1 aliphatic heterocycles. The summed E-state index contributed by atoms with van der Waals surface area (Å²) >= 11 is 1.43. The average molecular weight is 377 g/mol. The number of quaternary nitrogens is 1. The number of nitrogens with zero attached hydrogens (tertiary/aromatic N) is 3. The number of halogens is 1.